The molecule has 0 aliphatic carbocycles. The topological polar surface area (TPSA) is 130 Å². The molecule has 1 heterocycles. The fourth-order valence-electron chi connectivity index (χ4n) is 3.03. The van der Waals surface area contributed by atoms with E-state index >= 15 is 0 Å². The maximum absolute atomic E-state index is 12.7. The molecule has 0 saturated heterocycles. The summed E-state index contributed by atoms with van der Waals surface area (Å²) in [7, 11) is 0. The zero-order chi connectivity index (χ0) is 20.4. The molecular formula is C19H26N2O6. The number of primary amides is 1. The molecule has 0 radical (unpaired) electrons. The van der Waals surface area contributed by atoms with Gasteiger partial charge in [-0.05, 0) is 44.4 Å². The van der Waals surface area contributed by atoms with Gasteiger partial charge in [0, 0.05) is 18.5 Å². The standard InChI is InChI=1S/C19H26N2O6/c1-19(2,3)27-16(24)7-6-14(17(20)25)21-9-12-8-11(15(23)10-22)4-5-13(12)18(21)26/h4-5,8,14-15,22-23H,6-7,9-10H2,1-3H3,(H2,20,25). The number of carbonyl (C=O) groups is 3. The van der Waals surface area contributed by atoms with Gasteiger partial charge in [0.25, 0.3) is 5.91 Å². The van der Waals surface area contributed by atoms with Crippen LogP contribution in [0, 0.1) is 0 Å². The van der Waals surface area contributed by atoms with Crippen LogP contribution >= 0.6 is 0 Å². The second kappa shape index (κ2) is 8.06. The van der Waals surface area contributed by atoms with Crippen LogP contribution in [0.5, 0.6) is 0 Å². The maximum Gasteiger partial charge on any atom is 0.306 e. The molecule has 8 heteroatoms. The van der Waals surface area contributed by atoms with Gasteiger partial charge in [-0.15, -0.1) is 0 Å². The fraction of sp³-hybridized carbons (Fsp3) is 0.526. The molecule has 1 aliphatic rings. The minimum atomic E-state index is -1.04. The van der Waals surface area contributed by atoms with E-state index in [1.807, 2.05) is 0 Å². The molecule has 2 unspecified atom stereocenters. The van der Waals surface area contributed by atoms with Gasteiger partial charge in [-0.3, -0.25) is 14.4 Å². The first-order chi connectivity index (χ1) is 12.5. The molecule has 4 N–H and O–H groups in total. The summed E-state index contributed by atoms with van der Waals surface area (Å²) in [6.45, 7) is 4.94. The number of hydrogen-bond acceptors (Lipinski definition) is 6. The Morgan fingerprint density at radius 3 is 2.56 bits per heavy atom. The van der Waals surface area contributed by atoms with Crippen molar-refractivity contribution in [2.24, 2.45) is 5.73 Å². The number of ether oxygens (including phenoxy) is 1. The van der Waals surface area contributed by atoms with Crippen LogP contribution in [-0.2, 0) is 20.9 Å². The van der Waals surface area contributed by atoms with E-state index in [-0.39, 0.29) is 25.3 Å². The minimum Gasteiger partial charge on any atom is -0.460 e. The molecule has 27 heavy (non-hydrogen) atoms. The van der Waals surface area contributed by atoms with Crippen LogP contribution in [-0.4, -0.2) is 51.1 Å². The zero-order valence-corrected chi connectivity index (χ0v) is 15.8. The van der Waals surface area contributed by atoms with E-state index in [0.29, 0.717) is 16.7 Å². The summed E-state index contributed by atoms with van der Waals surface area (Å²) in [6.07, 6.45) is -1.02. The number of carbonyl (C=O) groups excluding carboxylic acids is 3. The third kappa shape index (κ3) is 5.05. The molecule has 1 aromatic rings. The Kier molecular flexibility index (Phi) is 6.22. The van der Waals surface area contributed by atoms with Crippen LogP contribution in [0.3, 0.4) is 0 Å². The Labute approximate surface area is 157 Å². The maximum atomic E-state index is 12.7. The quantitative estimate of drug-likeness (QED) is 0.597. The van der Waals surface area contributed by atoms with Crippen LogP contribution in [0.4, 0.5) is 0 Å². The predicted octanol–water partition coefficient (Wildman–Crippen LogP) is 0.644. The van der Waals surface area contributed by atoms with Gasteiger partial charge in [-0.25, -0.2) is 0 Å². The number of benzene rings is 1. The summed E-state index contributed by atoms with van der Waals surface area (Å²) in [5.74, 6) is -1.52. The highest BCUT2D eigenvalue weighted by Crippen LogP contribution is 2.29. The molecule has 8 nitrogen and oxygen atoms in total. The molecule has 0 saturated carbocycles. The Morgan fingerprint density at radius 2 is 2.00 bits per heavy atom. The van der Waals surface area contributed by atoms with Crippen molar-refractivity contribution >= 4 is 17.8 Å². The molecule has 0 aromatic heterocycles. The number of amides is 2. The molecule has 148 valence electrons. The lowest BCUT2D eigenvalue weighted by molar-refractivity contribution is -0.155. The number of nitrogens with zero attached hydrogens (tertiary/aromatic N) is 1. The molecule has 1 aliphatic heterocycles. The summed E-state index contributed by atoms with van der Waals surface area (Å²) in [5, 5.41) is 18.8. The van der Waals surface area contributed by atoms with Gasteiger partial charge in [-0.1, -0.05) is 12.1 Å². The Hall–Kier alpha value is -2.45. The Morgan fingerprint density at radius 1 is 1.33 bits per heavy atom. The molecular weight excluding hydrogens is 352 g/mol. The Bertz CT molecular complexity index is 740. The molecule has 0 fully saturated rings. The van der Waals surface area contributed by atoms with Gasteiger partial charge in [0.15, 0.2) is 0 Å². The lowest BCUT2D eigenvalue weighted by Crippen LogP contribution is -2.45. The van der Waals surface area contributed by atoms with Crippen molar-refractivity contribution in [3.05, 3.63) is 34.9 Å². The number of nitrogens with two attached hydrogens (primary N) is 1. The first kappa shape index (κ1) is 20.9. The van der Waals surface area contributed by atoms with Crippen LogP contribution < -0.4 is 5.73 Å². The van der Waals surface area contributed by atoms with E-state index in [1.165, 1.54) is 4.90 Å². The highest BCUT2D eigenvalue weighted by molar-refractivity contribution is 6.01. The van der Waals surface area contributed by atoms with E-state index in [4.69, 9.17) is 15.6 Å². The summed E-state index contributed by atoms with van der Waals surface area (Å²) in [5.41, 5.74) is 6.36. The van der Waals surface area contributed by atoms with Crippen molar-refractivity contribution in [3.63, 3.8) is 0 Å². The van der Waals surface area contributed by atoms with E-state index in [9.17, 15) is 19.5 Å². The molecule has 0 bridgehead atoms. The van der Waals surface area contributed by atoms with Crippen molar-refractivity contribution in [1.29, 1.82) is 0 Å². The third-order valence-electron chi connectivity index (χ3n) is 4.27. The number of aliphatic hydroxyl groups is 2. The average Bonchev–Trinajstić information content (AvgIpc) is 2.88. The molecule has 2 amide bonds. The monoisotopic (exact) mass is 378 g/mol. The lowest BCUT2D eigenvalue weighted by atomic mass is 10.0. The van der Waals surface area contributed by atoms with Crippen molar-refractivity contribution in [3.8, 4) is 0 Å². The van der Waals surface area contributed by atoms with E-state index < -0.39 is 36.2 Å². The van der Waals surface area contributed by atoms with E-state index in [0.717, 1.165) is 0 Å². The number of aliphatic hydroxyl groups excluding tert-OH is 2. The minimum absolute atomic E-state index is 0.0422. The van der Waals surface area contributed by atoms with Gasteiger partial charge in [-0.2, -0.15) is 0 Å². The van der Waals surface area contributed by atoms with Gasteiger partial charge in [0.2, 0.25) is 5.91 Å². The van der Waals surface area contributed by atoms with Gasteiger partial charge < -0.3 is 25.6 Å². The molecule has 1 aromatic carbocycles. The molecule has 0 spiro atoms. The number of fused-ring (bicyclic) bond motifs is 1. The van der Waals surface area contributed by atoms with E-state index in [1.54, 1.807) is 39.0 Å². The van der Waals surface area contributed by atoms with Crippen LogP contribution in [0.1, 0.15) is 61.2 Å². The Balaban J connectivity index is 2.13. The third-order valence-corrected chi connectivity index (χ3v) is 4.27. The summed E-state index contributed by atoms with van der Waals surface area (Å²) in [6, 6.07) is 3.79. The van der Waals surface area contributed by atoms with Crippen molar-refractivity contribution in [1.82, 2.24) is 4.90 Å². The smallest absolute Gasteiger partial charge is 0.306 e. The highest BCUT2D eigenvalue weighted by atomic mass is 16.6. The number of rotatable bonds is 7. The van der Waals surface area contributed by atoms with Gasteiger partial charge >= 0.3 is 5.97 Å². The predicted molar refractivity (Wildman–Crippen MR) is 96.4 cm³/mol. The first-order valence-corrected chi connectivity index (χ1v) is 8.77. The second-order valence-corrected chi connectivity index (χ2v) is 7.59. The van der Waals surface area contributed by atoms with Crippen LogP contribution in [0.15, 0.2) is 18.2 Å². The van der Waals surface area contributed by atoms with Crippen LogP contribution in [0.25, 0.3) is 0 Å². The lowest BCUT2D eigenvalue weighted by Gasteiger charge is -2.25. The van der Waals surface area contributed by atoms with Crippen molar-refractivity contribution < 1.29 is 29.3 Å². The summed E-state index contributed by atoms with van der Waals surface area (Å²) in [4.78, 5) is 37.8. The number of hydrogen-bond donors (Lipinski definition) is 3. The first-order valence-electron chi connectivity index (χ1n) is 8.77. The van der Waals surface area contributed by atoms with Crippen molar-refractivity contribution in [2.45, 2.75) is 57.9 Å². The van der Waals surface area contributed by atoms with Crippen molar-refractivity contribution in [2.75, 3.05) is 6.61 Å². The highest BCUT2D eigenvalue weighted by Gasteiger charge is 2.36. The zero-order valence-electron chi connectivity index (χ0n) is 15.8. The summed E-state index contributed by atoms with van der Waals surface area (Å²) < 4.78 is 5.23. The SMILES string of the molecule is CC(C)(C)OC(=O)CCC(C(N)=O)N1Cc2cc(C(O)CO)ccc2C1=O. The molecule has 2 rings (SSSR count). The van der Waals surface area contributed by atoms with E-state index in [2.05, 4.69) is 0 Å². The second-order valence-electron chi connectivity index (χ2n) is 7.59. The van der Waals surface area contributed by atoms with Gasteiger partial charge in [0.05, 0.1) is 6.61 Å². The largest absolute Gasteiger partial charge is 0.460 e. The fourth-order valence-corrected chi connectivity index (χ4v) is 3.03. The normalized spacial score (nSPS) is 16.0. The van der Waals surface area contributed by atoms with Gasteiger partial charge in [0.1, 0.15) is 17.7 Å². The van der Waals surface area contributed by atoms with Crippen LogP contribution in [0.2, 0.25) is 0 Å². The summed E-state index contributed by atoms with van der Waals surface area (Å²) >= 11 is 0. The number of esters is 1. The average molecular weight is 378 g/mol. The molecule has 2 atom stereocenters.